The maximum Gasteiger partial charge on any atom is 0.326 e. The standard InChI is InChI=1S/C40H52N8O7/c1-23(2)33(44-24(3)49)37(51)47-34(26-14-8-5-9-15-26)38(52)45-30(20-29-35(41)43-22-42-29)39(53)48-21-28-17-11-10-16-27(28)19-32(48)36(50)46-31(40(54)55)18-25-12-6-4-7-13-25/h4,6-7,10-13,16-17,22-23,26,30-34H,5,8-9,14-15,18-21,41H2,1-3H3,(H,42,43)(H,44,49)(H,45,52)(H,46,50)(H,47,51)(H,54,55)/t30-,31-,32-,33-,34?/m0/s1. The molecular weight excluding hydrogens is 704 g/mol. The zero-order valence-corrected chi connectivity index (χ0v) is 31.5. The Morgan fingerprint density at radius 2 is 1.53 bits per heavy atom. The van der Waals surface area contributed by atoms with Crippen LogP contribution in [0.15, 0.2) is 60.9 Å². The van der Waals surface area contributed by atoms with Gasteiger partial charge in [0.1, 0.15) is 36.0 Å². The van der Waals surface area contributed by atoms with Crippen LogP contribution in [-0.2, 0) is 54.6 Å². The number of aliphatic carboxylic acids is 1. The molecule has 1 unspecified atom stereocenters. The fourth-order valence-corrected chi connectivity index (χ4v) is 7.53. The number of aromatic amines is 1. The Hall–Kier alpha value is -5.73. The zero-order valence-electron chi connectivity index (χ0n) is 31.5. The lowest BCUT2D eigenvalue weighted by Gasteiger charge is -2.39. The van der Waals surface area contributed by atoms with E-state index in [9.17, 15) is 33.9 Å². The number of aromatic nitrogens is 2. The molecule has 2 aliphatic rings. The van der Waals surface area contributed by atoms with E-state index in [-0.39, 0.29) is 49.4 Å². The number of amides is 5. The number of imidazole rings is 1. The van der Waals surface area contributed by atoms with Gasteiger partial charge in [0.2, 0.25) is 29.5 Å². The van der Waals surface area contributed by atoms with E-state index >= 15 is 0 Å². The SMILES string of the molecule is CC(=O)N[C@H](C(=O)NC(C(=O)N[C@@H](Cc1[nH]cnc1N)C(=O)N1Cc2ccccc2C[C@H]1C(=O)N[C@@H](Cc1ccccc1)C(=O)O)C1CCCCC1)C(C)C. The molecule has 5 rings (SSSR count). The number of nitrogens with one attached hydrogen (secondary N) is 5. The minimum Gasteiger partial charge on any atom is -0.480 e. The number of nitrogen functional groups attached to an aromatic ring is 1. The number of fused-ring (bicyclic) bond motifs is 1. The molecule has 0 spiro atoms. The second-order valence-electron chi connectivity index (χ2n) is 14.9. The summed E-state index contributed by atoms with van der Waals surface area (Å²) in [6, 6.07) is 10.7. The van der Waals surface area contributed by atoms with Crippen molar-refractivity contribution in [2.24, 2.45) is 11.8 Å². The highest BCUT2D eigenvalue weighted by Gasteiger charge is 2.41. The predicted octanol–water partition coefficient (Wildman–Crippen LogP) is 2.01. The van der Waals surface area contributed by atoms with E-state index in [1.807, 2.05) is 30.3 Å². The Morgan fingerprint density at radius 3 is 2.15 bits per heavy atom. The monoisotopic (exact) mass is 756 g/mol. The average Bonchev–Trinajstić information content (AvgIpc) is 3.58. The Balaban J connectivity index is 1.46. The Kier molecular flexibility index (Phi) is 13.6. The number of anilines is 1. The van der Waals surface area contributed by atoms with E-state index in [0.29, 0.717) is 24.1 Å². The second kappa shape index (κ2) is 18.5. The third-order valence-electron chi connectivity index (χ3n) is 10.5. The number of nitrogens with zero attached hydrogens (tertiary/aromatic N) is 2. The lowest BCUT2D eigenvalue weighted by Crippen LogP contribution is -2.62. The van der Waals surface area contributed by atoms with Crippen molar-refractivity contribution in [1.82, 2.24) is 36.1 Å². The van der Waals surface area contributed by atoms with Gasteiger partial charge in [-0.3, -0.25) is 24.0 Å². The fraction of sp³-hybridized carbons (Fsp3) is 0.475. The summed E-state index contributed by atoms with van der Waals surface area (Å²) in [5.41, 5.74) is 8.87. The van der Waals surface area contributed by atoms with Crippen LogP contribution in [0.4, 0.5) is 5.82 Å². The fourth-order valence-electron chi connectivity index (χ4n) is 7.53. The number of carbonyl (C=O) groups excluding carboxylic acids is 5. The number of hydrogen-bond acceptors (Lipinski definition) is 8. The van der Waals surface area contributed by atoms with Crippen molar-refractivity contribution in [3.63, 3.8) is 0 Å². The third kappa shape index (κ3) is 10.5. The number of carboxylic acids is 1. The topological polar surface area (TPSA) is 229 Å². The van der Waals surface area contributed by atoms with Gasteiger partial charge in [-0.2, -0.15) is 0 Å². The zero-order chi connectivity index (χ0) is 39.6. The van der Waals surface area contributed by atoms with Crippen molar-refractivity contribution < 1.29 is 33.9 Å². The molecule has 0 bridgehead atoms. The number of nitrogens with two attached hydrogens (primary N) is 1. The van der Waals surface area contributed by atoms with E-state index in [1.54, 1.807) is 38.1 Å². The van der Waals surface area contributed by atoms with Crippen LogP contribution >= 0.6 is 0 Å². The molecule has 5 amide bonds. The normalized spacial score (nSPS) is 17.9. The first-order valence-corrected chi connectivity index (χ1v) is 18.9. The number of benzene rings is 2. The van der Waals surface area contributed by atoms with E-state index in [0.717, 1.165) is 30.4 Å². The third-order valence-corrected chi connectivity index (χ3v) is 10.5. The summed E-state index contributed by atoms with van der Waals surface area (Å²) in [6.45, 7) is 4.93. The van der Waals surface area contributed by atoms with Crippen molar-refractivity contribution in [3.05, 3.63) is 83.3 Å². The summed E-state index contributed by atoms with van der Waals surface area (Å²) in [6.07, 6.45) is 5.48. The molecule has 0 radical (unpaired) electrons. The minimum absolute atomic E-state index is 0.0178. The summed E-state index contributed by atoms with van der Waals surface area (Å²) in [5, 5.41) is 21.2. The van der Waals surface area contributed by atoms with Crippen LogP contribution in [0.1, 0.15) is 75.3 Å². The molecule has 1 aliphatic carbocycles. The van der Waals surface area contributed by atoms with Gasteiger partial charge in [0.25, 0.3) is 0 Å². The summed E-state index contributed by atoms with van der Waals surface area (Å²) in [5.74, 6) is -4.32. The largest absolute Gasteiger partial charge is 0.480 e. The van der Waals surface area contributed by atoms with E-state index < -0.39 is 59.8 Å². The minimum atomic E-state index is -1.27. The number of hydrogen-bond donors (Lipinski definition) is 7. The number of rotatable bonds is 15. The van der Waals surface area contributed by atoms with Crippen LogP contribution in [-0.4, -0.2) is 85.7 Å². The molecule has 294 valence electrons. The smallest absolute Gasteiger partial charge is 0.326 e. The molecule has 1 saturated carbocycles. The van der Waals surface area contributed by atoms with Gasteiger partial charge in [-0.05, 0) is 41.4 Å². The molecule has 1 aromatic heterocycles. The molecular formula is C40H52N8O7. The number of H-pyrrole nitrogens is 1. The highest BCUT2D eigenvalue weighted by atomic mass is 16.4. The molecule has 15 nitrogen and oxygen atoms in total. The van der Waals surface area contributed by atoms with Crippen LogP contribution < -0.4 is 27.0 Å². The molecule has 3 aromatic rings. The summed E-state index contributed by atoms with van der Waals surface area (Å²) < 4.78 is 0. The Labute approximate surface area is 320 Å². The molecule has 0 saturated heterocycles. The van der Waals surface area contributed by atoms with Crippen LogP contribution in [0.3, 0.4) is 0 Å². The lowest BCUT2D eigenvalue weighted by molar-refractivity contribution is -0.147. The number of carbonyl (C=O) groups is 6. The first-order valence-electron chi connectivity index (χ1n) is 18.9. The van der Waals surface area contributed by atoms with Crippen molar-refractivity contribution in [2.45, 2.75) is 109 Å². The Morgan fingerprint density at radius 1 is 0.855 bits per heavy atom. The van der Waals surface area contributed by atoms with Crippen LogP contribution in [0.2, 0.25) is 0 Å². The quantitative estimate of drug-likeness (QED) is 0.120. The van der Waals surface area contributed by atoms with Gasteiger partial charge in [0, 0.05) is 32.7 Å². The summed E-state index contributed by atoms with van der Waals surface area (Å²) in [4.78, 5) is 89.7. The van der Waals surface area contributed by atoms with Gasteiger partial charge in [0.05, 0.1) is 12.0 Å². The van der Waals surface area contributed by atoms with Gasteiger partial charge >= 0.3 is 5.97 Å². The highest BCUT2D eigenvalue weighted by Crippen LogP contribution is 2.28. The highest BCUT2D eigenvalue weighted by molar-refractivity contribution is 5.96. The van der Waals surface area contributed by atoms with Crippen molar-refractivity contribution >= 4 is 41.3 Å². The van der Waals surface area contributed by atoms with Gasteiger partial charge in [-0.15, -0.1) is 0 Å². The molecule has 15 heteroatoms. The Bertz CT molecular complexity index is 1840. The first-order chi connectivity index (χ1) is 26.3. The maximum absolute atomic E-state index is 14.9. The van der Waals surface area contributed by atoms with Crippen molar-refractivity contribution in [2.75, 3.05) is 5.73 Å². The first kappa shape index (κ1) is 40.5. The molecule has 1 fully saturated rings. The van der Waals surface area contributed by atoms with E-state index in [4.69, 9.17) is 5.73 Å². The molecule has 2 aromatic carbocycles. The van der Waals surface area contributed by atoms with Crippen molar-refractivity contribution in [3.8, 4) is 0 Å². The molecule has 8 N–H and O–H groups in total. The average molecular weight is 757 g/mol. The number of carboxylic acid groups (broad SMARTS) is 1. The second-order valence-corrected chi connectivity index (χ2v) is 14.9. The van der Waals surface area contributed by atoms with Gasteiger partial charge in [-0.1, -0.05) is 87.7 Å². The maximum atomic E-state index is 14.9. The molecule has 55 heavy (non-hydrogen) atoms. The van der Waals surface area contributed by atoms with E-state index in [1.165, 1.54) is 18.2 Å². The van der Waals surface area contributed by atoms with Gasteiger partial charge < -0.3 is 42.0 Å². The van der Waals surface area contributed by atoms with Crippen LogP contribution in [0, 0.1) is 11.8 Å². The van der Waals surface area contributed by atoms with Crippen molar-refractivity contribution in [1.29, 1.82) is 0 Å². The van der Waals surface area contributed by atoms with Gasteiger partial charge in [-0.25, -0.2) is 9.78 Å². The van der Waals surface area contributed by atoms with Crippen LogP contribution in [0.5, 0.6) is 0 Å². The predicted molar refractivity (Wildman–Crippen MR) is 204 cm³/mol. The van der Waals surface area contributed by atoms with E-state index in [2.05, 4.69) is 31.2 Å². The summed E-state index contributed by atoms with van der Waals surface area (Å²) >= 11 is 0. The molecule has 2 heterocycles. The summed E-state index contributed by atoms with van der Waals surface area (Å²) in [7, 11) is 0. The van der Waals surface area contributed by atoms with Gasteiger partial charge in [0.15, 0.2) is 0 Å². The van der Waals surface area contributed by atoms with Crippen LogP contribution in [0.25, 0.3) is 0 Å². The molecule has 1 aliphatic heterocycles. The lowest BCUT2D eigenvalue weighted by atomic mass is 9.83. The molecule has 5 atom stereocenters.